The van der Waals surface area contributed by atoms with Gasteiger partial charge in [0.1, 0.15) is 11.8 Å². The Balaban J connectivity index is 2.24. The van der Waals surface area contributed by atoms with Crippen molar-refractivity contribution in [3.63, 3.8) is 0 Å². The molecule has 0 aliphatic carbocycles. The number of carbonyl (C=O) groups is 2. The van der Waals surface area contributed by atoms with Crippen molar-refractivity contribution in [2.45, 2.75) is 31.9 Å². The van der Waals surface area contributed by atoms with Gasteiger partial charge in [-0.05, 0) is 6.07 Å². The lowest BCUT2D eigenvalue weighted by Crippen LogP contribution is -2.40. The number of furan rings is 1. The summed E-state index contributed by atoms with van der Waals surface area (Å²) >= 11 is 0. The van der Waals surface area contributed by atoms with E-state index >= 15 is 0 Å². The lowest BCUT2D eigenvalue weighted by molar-refractivity contribution is -0.141. The number of aliphatic carboxylic acids is 1. The molecule has 6 nitrogen and oxygen atoms in total. The van der Waals surface area contributed by atoms with Gasteiger partial charge in [-0.15, -0.1) is 0 Å². The van der Waals surface area contributed by atoms with Gasteiger partial charge in [-0.3, -0.25) is 4.79 Å². The van der Waals surface area contributed by atoms with Gasteiger partial charge in [-0.1, -0.05) is 6.92 Å². The lowest BCUT2D eigenvalue weighted by atomic mass is 10.1. The molecule has 1 saturated heterocycles. The molecule has 0 aromatic carbocycles. The maximum Gasteiger partial charge on any atom is 0.326 e. The second-order valence-electron chi connectivity index (χ2n) is 4.52. The van der Waals surface area contributed by atoms with Crippen molar-refractivity contribution in [2.75, 3.05) is 13.7 Å². The Labute approximate surface area is 110 Å². The molecular formula is C13H17NO5. The molecule has 1 fully saturated rings. The number of likely N-dealkylation sites (tertiary alicyclic amines) is 1. The summed E-state index contributed by atoms with van der Waals surface area (Å²) in [6.45, 7) is 2.17. The predicted octanol–water partition coefficient (Wildman–Crippen LogP) is 1.16. The molecule has 0 bridgehead atoms. The molecule has 2 heterocycles. The summed E-state index contributed by atoms with van der Waals surface area (Å²) in [5, 5.41) is 9.20. The number of ether oxygens (including phenoxy) is 1. The Kier molecular flexibility index (Phi) is 3.90. The standard InChI is InChI=1S/C13H17NO5/c1-3-11-9(4-5-19-11)12(15)14-7-8(18-2)6-10(14)13(16)17/h4-5,8,10H,3,6-7H2,1-2H3,(H,16,17). The first kappa shape index (κ1) is 13.6. The molecule has 0 saturated carbocycles. The summed E-state index contributed by atoms with van der Waals surface area (Å²) in [4.78, 5) is 25.0. The monoisotopic (exact) mass is 267 g/mol. The summed E-state index contributed by atoms with van der Waals surface area (Å²) in [6, 6.07) is 0.747. The first-order valence-corrected chi connectivity index (χ1v) is 6.21. The van der Waals surface area contributed by atoms with Crippen molar-refractivity contribution < 1.29 is 23.8 Å². The van der Waals surface area contributed by atoms with E-state index in [0.29, 0.717) is 30.7 Å². The van der Waals surface area contributed by atoms with E-state index in [1.807, 2.05) is 6.92 Å². The zero-order valence-corrected chi connectivity index (χ0v) is 11.0. The number of methoxy groups -OCH3 is 1. The molecule has 2 atom stereocenters. The largest absolute Gasteiger partial charge is 0.480 e. The van der Waals surface area contributed by atoms with E-state index in [4.69, 9.17) is 9.15 Å². The van der Waals surface area contributed by atoms with Gasteiger partial charge in [0.15, 0.2) is 0 Å². The molecule has 0 spiro atoms. The van der Waals surface area contributed by atoms with Crippen LogP contribution in [0.25, 0.3) is 0 Å². The number of carbonyl (C=O) groups excluding carboxylic acids is 1. The molecule has 1 amide bonds. The Bertz CT molecular complexity index is 481. The smallest absolute Gasteiger partial charge is 0.326 e. The molecular weight excluding hydrogens is 250 g/mol. The number of carboxylic acid groups (broad SMARTS) is 1. The van der Waals surface area contributed by atoms with E-state index in [-0.39, 0.29) is 12.0 Å². The Morgan fingerprint density at radius 2 is 2.32 bits per heavy atom. The van der Waals surface area contributed by atoms with Crippen LogP contribution in [-0.4, -0.2) is 47.7 Å². The third kappa shape index (κ3) is 2.49. The normalized spacial score (nSPS) is 22.7. The van der Waals surface area contributed by atoms with Gasteiger partial charge in [0.2, 0.25) is 0 Å². The van der Waals surface area contributed by atoms with E-state index in [9.17, 15) is 14.7 Å². The summed E-state index contributed by atoms with van der Waals surface area (Å²) < 4.78 is 10.4. The average Bonchev–Trinajstić information content (AvgIpc) is 3.03. The van der Waals surface area contributed by atoms with E-state index < -0.39 is 12.0 Å². The van der Waals surface area contributed by atoms with Crippen LogP contribution in [0.4, 0.5) is 0 Å². The fraction of sp³-hybridized carbons (Fsp3) is 0.538. The second kappa shape index (κ2) is 5.44. The molecule has 1 aliphatic heterocycles. The summed E-state index contributed by atoms with van der Waals surface area (Å²) in [5.41, 5.74) is 0.436. The third-order valence-electron chi connectivity index (χ3n) is 3.44. The van der Waals surface area contributed by atoms with Crippen molar-refractivity contribution in [3.05, 3.63) is 23.7 Å². The van der Waals surface area contributed by atoms with Crippen LogP contribution in [0.3, 0.4) is 0 Å². The number of hydrogen-bond donors (Lipinski definition) is 1. The Morgan fingerprint density at radius 3 is 2.89 bits per heavy atom. The number of carboxylic acids is 1. The van der Waals surface area contributed by atoms with Gasteiger partial charge in [-0.2, -0.15) is 0 Å². The summed E-state index contributed by atoms with van der Waals surface area (Å²) in [6.07, 6.45) is 2.12. The first-order valence-electron chi connectivity index (χ1n) is 6.21. The molecule has 104 valence electrons. The fourth-order valence-corrected chi connectivity index (χ4v) is 2.39. The van der Waals surface area contributed by atoms with Crippen LogP contribution < -0.4 is 0 Å². The van der Waals surface area contributed by atoms with Crippen LogP contribution in [0.1, 0.15) is 29.5 Å². The Morgan fingerprint density at radius 1 is 1.58 bits per heavy atom. The van der Waals surface area contributed by atoms with Crippen LogP contribution >= 0.6 is 0 Å². The van der Waals surface area contributed by atoms with Crippen molar-refractivity contribution >= 4 is 11.9 Å². The van der Waals surface area contributed by atoms with E-state index in [1.54, 1.807) is 6.07 Å². The minimum atomic E-state index is -1.01. The molecule has 19 heavy (non-hydrogen) atoms. The number of nitrogens with zero attached hydrogens (tertiary/aromatic N) is 1. The van der Waals surface area contributed by atoms with E-state index in [0.717, 1.165) is 0 Å². The topological polar surface area (TPSA) is 80.0 Å². The first-order chi connectivity index (χ1) is 9.08. The molecule has 1 N–H and O–H groups in total. The maximum absolute atomic E-state index is 12.4. The molecule has 6 heteroatoms. The van der Waals surface area contributed by atoms with Gasteiger partial charge < -0.3 is 19.2 Å². The summed E-state index contributed by atoms with van der Waals surface area (Å²) in [5.74, 6) is -0.734. The Hall–Kier alpha value is -1.82. The number of amides is 1. The van der Waals surface area contributed by atoms with E-state index in [1.165, 1.54) is 18.3 Å². The van der Waals surface area contributed by atoms with Crippen molar-refractivity contribution in [2.24, 2.45) is 0 Å². The highest BCUT2D eigenvalue weighted by atomic mass is 16.5. The lowest BCUT2D eigenvalue weighted by Gasteiger charge is -2.20. The minimum absolute atomic E-state index is 0.234. The minimum Gasteiger partial charge on any atom is -0.480 e. The predicted molar refractivity (Wildman–Crippen MR) is 66.0 cm³/mol. The van der Waals surface area contributed by atoms with Crippen LogP contribution in [0.15, 0.2) is 16.7 Å². The third-order valence-corrected chi connectivity index (χ3v) is 3.44. The second-order valence-corrected chi connectivity index (χ2v) is 4.52. The maximum atomic E-state index is 12.4. The van der Waals surface area contributed by atoms with Crippen molar-refractivity contribution in [1.82, 2.24) is 4.90 Å². The number of hydrogen-bond acceptors (Lipinski definition) is 4. The van der Waals surface area contributed by atoms with Crippen molar-refractivity contribution in [3.8, 4) is 0 Å². The summed E-state index contributed by atoms with van der Waals surface area (Å²) in [7, 11) is 1.52. The van der Waals surface area contributed by atoms with Gasteiger partial charge >= 0.3 is 5.97 Å². The average molecular weight is 267 g/mol. The quantitative estimate of drug-likeness (QED) is 0.885. The van der Waals surface area contributed by atoms with Crippen LogP contribution in [0.2, 0.25) is 0 Å². The molecule has 0 radical (unpaired) electrons. The fourth-order valence-electron chi connectivity index (χ4n) is 2.39. The highest BCUT2D eigenvalue weighted by Crippen LogP contribution is 2.24. The highest BCUT2D eigenvalue weighted by Gasteiger charge is 2.40. The number of rotatable bonds is 4. The SMILES string of the molecule is CCc1occc1C(=O)N1CC(OC)CC1C(=O)O. The zero-order chi connectivity index (χ0) is 14.0. The number of aryl methyl sites for hydroxylation is 1. The molecule has 1 aromatic heterocycles. The molecule has 1 aliphatic rings. The molecule has 2 rings (SSSR count). The van der Waals surface area contributed by atoms with Crippen LogP contribution in [-0.2, 0) is 16.0 Å². The molecule has 1 aromatic rings. The van der Waals surface area contributed by atoms with Gasteiger partial charge in [-0.25, -0.2) is 4.79 Å². The van der Waals surface area contributed by atoms with Crippen LogP contribution in [0.5, 0.6) is 0 Å². The zero-order valence-electron chi connectivity index (χ0n) is 11.0. The highest BCUT2D eigenvalue weighted by molar-refractivity contribution is 5.97. The van der Waals surface area contributed by atoms with E-state index in [2.05, 4.69) is 0 Å². The van der Waals surface area contributed by atoms with Gasteiger partial charge in [0, 0.05) is 26.5 Å². The molecule has 2 unspecified atom stereocenters. The van der Waals surface area contributed by atoms with Crippen molar-refractivity contribution in [1.29, 1.82) is 0 Å². The van der Waals surface area contributed by atoms with Gasteiger partial charge in [0.05, 0.1) is 17.9 Å². The van der Waals surface area contributed by atoms with Crippen LogP contribution in [0, 0.1) is 0 Å². The van der Waals surface area contributed by atoms with Gasteiger partial charge in [0.25, 0.3) is 5.91 Å².